The van der Waals surface area contributed by atoms with Crippen LogP contribution in [0.25, 0.3) is 0 Å². The minimum absolute atomic E-state index is 0.00157. The second-order valence-electron chi connectivity index (χ2n) is 8.85. The maximum Gasteiger partial charge on any atom is 0.253 e. The molecule has 0 radical (unpaired) electrons. The zero-order valence-corrected chi connectivity index (χ0v) is 21.6. The molecule has 8 heteroatoms. The summed E-state index contributed by atoms with van der Waals surface area (Å²) < 4.78 is 0. The summed E-state index contributed by atoms with van der Waals surface area (Å²) in [6.45, 7) is 3.17. The Labute approximate surface area is 212 Å². The molecule has 1 heterocycles. The summed E-state index contributed by atoms with van der Waals surface area (Å²) >= 11 is 12.5. The molecule has 1 aliphatic heterocycles. The lowest BCUT2D eigenvalue weighted by atomic mass is 9.92. The van der Waals surface area contributed by atoms with Gasteiger partial charge in [0, 0.05) is 38.0 Å². The molecule has 1 unspecified atom stereocenters. The van der Waals surface area contributed by atoms with Crippen molar-refractivity contribution in [2.75, 3.05) is 47.4 Å². The third-order valence-corrected chi connectivity index (χ3v) is 7.33. The molecule has 2 aromatic carbocycles. The van der Waals surface area contributed by atoms with Crippen LogP contribution in [-0.2, 0) is 9.63 Å². The summed E-state index contributed by atoms with van der Waals surface area (Å²) in [5.74, 6) is 0.136. The van der Waals surface area contributed by atoms with Crippen molar-refractivity contribution in [1.82, 2.24) is 14.9 Å². The Hall–Kier alpha value is -2.12. The zero-order chi connectivity index (χ0) is 24.7. The van der Waals surface area contributed by atoms with Gasteiger partial charge in [0.25, 0.3) is 5.91 Å². The number of likely N-dealkylation sites (tertiary alicyclic amines) is 1. The Bertz CT molecular complexity index is 965. The number of rotatable bonds is 9. The van der Waals surface area contributed by atoms with Crippen LogP contribution in [0.4, 0.5) is 0 Å². The molecule has 1 aliphatic rings. The molecular formula is C26H33Cl2N3O3. The van der Waals surface area contributed by atoms with Gasteiger partial charge < -0.3 is 9.80 Å². The molecule has 1 atom stereocenters. The minimum Gasteiger partial charge on any atom is -0.341 e. The summed E-state index contributed by atoms with van der Waals surface area (Å²) in [6.07, 6.45) is 2.49. The summed E-state index contributed by atoms with van der Waals surface area (Å²) in [5.41, 5.74) is 1.74. The van der Waals surface area contributed by atoms with Gasteiger partial charge >= 0.3 is 0 Å². The molecule has 0 bridgehead atoms. The quantitative estimate of drug-likeness (QED) is 0.451. The number of piperidine rings is 1. The van der Waals surface area contributed by atoms with Gasteiger partial charge in [-0.05, 0) is 68.7 Å². The van der Waals surface area contributed by atoms with E-state index in [0.29, 0.717) is 22.2 Å². The van der Waals surface area contributed by atoms with Crippen LogP contribution in [-0.4, -0.2) is 74.1 Å². The molecule has 0 N–H and O–H groups in total. The first-order valence-corrected chi connectivity index (χ1v) is 12.3. The Balaban J connectivity index is 1.64. The van der Waals surface area contributed by atoms with Crippen molar-refractivity contribution in [2.24, 2.45) is 5.92 Å². The number of amides is 2. The summed E-state index contributed by atoms with van der Waals surface area (Å²) in [5, 5.41) is 2.36. The van der Waals surface area contributed by atoms with Crippen LogP contribution >= 0.6 is 23.2 Å². The summed E-state index contributed by atoms with van der Waals surface area (Å²) in [6, 6.07) is 15.0. The van der Waals surface area contributed by atoms with Crippen LogP contribution in [0, 0.1) is 5.92 Å². The molecule has 6 nitrogen and oxygen atoms in total. The molecule has 0 spiro atoms. The maximum absolute atomic E-state index is 12.9. The molecule has 34 heavy (non-hydrogen) atoms. The van der Waals surface area contributed by atoms with Gasteiger partial charge in [-0.1, -0.05) is 47.5 Å². The smallest absolute Gasteiger partial charge is 0.253 e. The number of carbonyl (C=O) groups excluding carboxylic acids is 2. The number of hydrogen-bond donors (Lipinski definition) is 0. The van der Waals surface area contributed by atoms with Gasteiger partial charge in [0.1, 0.15) is 0 Å². The van der Waals surface area contributed by atoms with E-state index in [-0.39, 0.29) is 23.7 Å². The average molecular weight is 506 g/mol. The van der Waals surface area contributed by atoms with E-state index in [2.05, 4.69) is 4.90 Å². The maximum atomic E-state index is 12.9. The molecule has 1 fully saturated rings. The van der Waals surface area contributed by atoms with Gasteiger partial charge in [-0.15, -0.1) is 0 Å². The highest BCUT2D eigenvalue weighted by Gasteiger charge is 2.28. The Kier molecular flexibility index (Phi) is 9.77. The third kappa shape index (κ3) is 6.95. The number of hydroxylamine groups is 2. The molecule has 0 aliphatic carbocycles. The predicted molar refractivity (Wildman–Crippen MR) is 136 cm³/mol. The highest BCUT2D eigenvalue weighted by molar-refractivity contribution is 6.42. The van der Waals surface area contributed by atoms with Crippen LogP contribution in [0.2, 0.25) is 10.0 Å². The fourth-order valence-electron chi connectivity index (χ4n) is 4.43. The molecule has 1 saturated heterocycles. The van der Waals surface area contributed by atoms with Crippen LogP contribution in [0.5, 0.6) is 0 Å². The van der Waals surface area contributed by atoms with Crippen molar-refractivity contribution in [3.05, 3.63) is 69.7 Å². The molecule has 184 valence electrons. The summed E-state index contributed by atoms with van der Waals surface area (Å²) in [4.78, 5) is 34.5. The largest absolute Gasteiger partial charge is 0.341 e. The van der Waals surface area contributed by atoms with Crippen LogP contribution in [0.1, 0.15) is 41.1 Å². The molecule has 2 aromatic rings. The highest BCUT2D eigenvalue weighted by Crippen LogP contribution is 2.30. The third-order valence-electron chi connectivity index (χ3n) is 6.59. The van der Waals surface area contributed by atoms with Gasteiger partial charge in [0.15, 0.2) is 0 Å². The van der Waals surface area contributed by atoms with Crippen LogP contribution < -0.4 is 0 Å². The normalized spacial score (nSPS) is 15.7. The van der Waals surface area contributed by atoms with Crippen molar-refractivity contribution in [2.45, 2.75) is 25.2 Å². The first kappa shape index (κ1) is 26.5. The van der Waals surface area contributed by atoms with E-state index in [1.165, 1.54) is 12.2 Å². The fourth-order valence-corrected chi connectivity index (χ4v) is 4.74. The first-order chi connectivity index (χ1) is 16.3. The average Bonchev–Trinajstić information content (AvgIpc) is 2.87. The first-order valence-electron chi connectivity index (χ1n) is 11.6. The summed E-state index contributed by atoms with van der Waals surface area (Å²) in [7, 11) is 5.00. The second kappa shape index (κ2) is 12.5. The Morgan fingerprint density at radius 2 is 1.74 bits per heavy atom. The highest BCUT2D eigenvalue weighted by atomic mass is 35.5. The van der Waals surface area contributed by atoms with E-state index in [1.54, 1.807) is 11.9 Å². The van der Waals surface area contributed by atoms with Crippen molar-refractivity contribution >= 4 is 35.0 Å². The van der Waals surface area contributed by atoms with Gasteiger partial charge in [0.05, 0.1) is 17.2 Å². The number of halogens is 2. The van der Waals surface area contributed by atoms with Gasteiger partial charge in [0.2, 0.25) is 5.91 Å². The van der Waals surface area contributed by atoms with Crippen molar-refractivity contribution in [3.8, 4) is 0 Å². The molecule has 0 saturated carbocycles. The van der Waals surface area contributed by atoms with E-state index < -0.39 is 0 Å². The molecular weight excluding hydrogens is 473 g/mol. The zero-order valence-electron chi connectivity index (χ0n) is 20.0. The monoisotopic (exact) mass is 505 g/mol. The van der Waals surface area contributed by atoms with E-state index >= 15 is 0 Å². The number of hydrogen-bond acceptors (Lipinski definition) is 4. The number of carbonyl (C=O) groups is 2. The lowest BCUT2D eigenvalue weighted by molar-refractivity contribution is -0.174. The van der Waals surface area contributed by atoms with E-state index in [4.69, 9.17) is 28.0 Å². The topological polar surface area (TPSA) is 53.1 Å². The number of nitrogens with zero attached hydrogens (tertiary/aromatic N) is 3. The van der Waals surface area contributed by atoms with Gasteiger partial charge in [-0.25, -0.2) is 5.06 Å². The number of likely N-dealkylation sites (N-methyl/N-ethyl adjacent to an activating group) is 1. The molecule has 2 amide bonds. The standard InChI is InChI=1S/C26H33Cl2N3O3/c1-29(25(32)19-7-5-4-6-8-19)18-22(21-9-10-23(27)24(28)17-21)13-16-31-14-11-20(12-15-31)26(33)30(2)34-3/h4-10,17,20,22H,11-16,18H2,1-3H3. The lowest BCUT2D eigenvalue weighted by Gasteiger charge is -2.34. The van der Waals surface area contributed by atoms with Crippen LogP contribution in [0.3, 0.4) is 0 Å². The Morgan fingerprint density at radius 1 is 1.06 bits per heavy atom. The van der Waals surface area contributed by atoms with E-state index in [9.17, 15) is 9.59 Å². The minimum atomic E-state index is -0.00718. The Morgan fingerprint density at radius 3 is 2.35 bits per heavy atom. The van der Waals surface area contributed by atoms with Crippen LogP contribution in [0.15, 0.2) is 48.5 Å². The molecule has 0 aromatic heterocycles. The van der Waals surface area contributed by atoms with Gasteiger partial charge in [-0.3, -0.25) is 14.4 Å². The second-order valence-corrected chi connectivity index (χ2v) is 9.66. The van der Waals surface area contributed by atoms with Crippen molar-refractivity contribution < 1.29 is 14.4 Å². The van der Waals surface area contributed by atoms with E-state index in [1.807, 2.05) is 55.6 Å². The lowest BCUT2D eigenvalue weighted by Crippen LogP contribution is -2.41. The molecule has 3 rings (SSSR count). The SMILES string of the molecule is CON(C)C(=O)C1CCN(CCC(CN(C)C(=O)c2ccccc2)c2ccc(Cl)c(Cl)c2)CC1. The van der Waals surface area contributed by atoms with Crippen molar-refractivity contribution in [1.29, 1.82) is 0 Å². The van der Waals surface area contributed by atoms with Gasteiger partial charge in [-0.2, -0.15) is 0 Å². The number of benzene rings is 2. The van der Waals surface area contributed by atoms with E-state index in [0.717, 1.165) is 44.5 Å². The van der Waals surface area contributed by atoms with Crippen molar-refractivity contribution in [3.63, 3.8) is 0 Å². The fraction of sp³-hybridized carbons (Fsp3) is 0.462. The predicted octanol–water partition coefficient (Wildman–Crippen LogP) is 4.97.